The largest absolute Gasteiger partial charge is 0.334 e. The predicted octanol–water partition coefficient (Wildman–Crippen LogP) is 2.26. The maximum absolute atomic E-state index is 13.0. The number of carbonyl (C=O) groups excluding carboxylic acids is 2. The molecule has 0 aliphatic carbocycles. The fourth-order valence-corrected chi connectivity index (χ4v) is 3.51. The molecule has 3 aromatic heterocycles. The van der Waals surface area contributed by atoms with Gasteiger partial charge in [0, 0.05) is 43.5 Å². The Kier molecular flexibility index (Phi) is 3.87. The van der Waals surface area contributed by atoms with Crippen molar-refractivity contribution < 1.29 is 9.59 Å². The van der Waals surface area contributed by atoms with Crippen molar-refractivity contribution in [3.8, 4) is 5.82 Å². The first-order valence-electron chi connectivity index (χ1n) is 9.09. The third kappa shape index (κ3) is 3.02. The lowest BCUT2D eigenvalue weighted by Crippen LogP contribution is -2.21. The summed E-state index contributed by atoms with van der Waals surface area (Å²) in [4.78, 5) is 34.9. The lowest BCUT2D eigenvalue weighted by Gasteiger charge is -2.11. The van der Waals surface area contributed by atoms with Crippen molar-refractivity contribution in [1.29, 1.82) is 0 Å². The van der Waals surface area contributed by atoms with Gasteiger partial charge < -0.3 is 10.2 Å². The second-order valence-electron chi connectivity index (χ2n) is 6.95. The van der Waals surface area contributed by atoms with E-state index in [1.54, 1.807) is 41.3 Å². The molecule has 9 heteroatoms. The molecule has 1 aliphatic rings. The lowest BCUT2D eigenvalue weighted by molar-refractivity contribution is -0.129. The number of hydrogen-bond donors (Lipinski definition) is 2. The van der Waals surface area contributed by atoms with Crippen molar-refractivity contribution in [2.75, 3.05) is 5.32 Å². The first-order chi connectivity index (χ1) is 14.1. The number of amides is 2. The summed E-state index contributed by atoms with van der Waals surface area (Å²) in [5, 5.41) is 10.6. The second-order valence-corrected chi connectivity index (χ2v) is 6.95. The van der Waals surface area contributed by atoms with E-state index in [1.165, 1.54) is 0 Å². The van der Waals surface area contributed by atoms with E-state index in [4.69, 9.17) is 0 Å². The number of carbonyl (C=O) groups is 2. The Morgan fingerprint density at radius 2 is 2.03 bits per heavy atom. The maximum Gasteiger partial charge on any atom is 0.276 e. The molecule has 4 heterocycles. The Balaban J connectivity index is 1.46. The average molecular weight is 387 g/mol. The standard InChI is InChI=1S/C20H17N7O2/c1-12(28)27-9-13-2-3-16(6-15(13)10-27)23-20(29)19-18-14(8-22-25-18)7-17(24-19)26-5-4-21-11-26/h2-8,11H,9-10H2,1H3,(H,22,25)(H,23,29). The molecule has 0 atom stereocenters. The summed E-state index contributed by atoms with van der Waals surface area (Å²) in [6.07, 6.45) is 6.68. The molecule has 2 amide bonds. The lowest BCUT2D eigenvalue weighted by atomic mass is 10.1. The Bertz CT molecular complexity index is 1240. The van der Waals surface area contributed by atoms with Gasteiger partial charge in [0.15, 0.2) is 5.69 Å². The molecule has 1 aromatic carbocycles. The molecule has 0 saturated carbocycles. The van der Waals surface area contributed by atoms with E-state index in [-0.39, 0.29) is 17.5 Å². The van der Waals surface area contributed by atoms with E-state index >= 15 is 0 Å². The molecule has 0 unspecified atom stereocenters. The van der Waals surface area contributed by atoms with Gasteiger partial charge in [0.05, 0.1) is 11.7 Å². The third-order valence-electron chi connectivity index (χ3n) is 5.03. The summed E-state index contributed by atoms with van der Waals surface area (Å²) < 4.78 is 1.73. The topological polar surface area (TPSA) is 109 Å². The zero-order valence-corrected chi connectivity index (χ0v) is 15.6. The van der Waals surface area contributed by atoms with E-state index in [0.717, 1.165) is 16.5 Å². The zero-order chi connectivity index (χ0) is 20.0. The van der Waals surface area contributed by atoms with Crippen LogP contribution in [0.2, 0.25) is 0 Å². The fraction of sp³-hybridized carbons (Fsp3) is 0.150. The number of nitrogens with zero attached hydrogens (tertiary/aromatic N) is 5. The molecule has 0 bridgehead atoms. The van der Waals surface area contributed by atoms with Crippen LogP contribution >= 0.6 is 0 Å². The quantitative estimate of drug-likeness (QED) is 0.560. The monoisotopic (exact) mass is 387 g/mol. The number of rotatable bonds is 3. The number of imidazole rings is 1. The van der Waals surface area contributed by atoms with Crippen molar-refractivity contribution in [3.05, 3.63) is 66.0 Å². The van der Waals surface area contributed by atoms with Gasteiger partial charge in [0.2, 0.25) is 5.91 Å². The minimum atomic E-state index is -0.345. The van der Waals surface area contributed by atoms with Crippen molar-refractivity contribution in [2.45, 2.75) is 20.0 Å². The van der Waals surface area contributed by atoms with Crippen molar-refractivity contribution in [2.24, 2.45) is 0 Å². The molecular formula is C20H17N7O2. The van der Waals surface area contributed by atoms with Crippen LogP contribution in [0.3, 0.4) is 0 Å². The van der Waals surface area contributed by atoms with Crippen LogP contribution in [0.1, 0.15) is 28.5 Å². The number of anilines is 1. The highest BCUT2D eigenvalue weighted by molar-refractivity contribution is 6.10. The molecule has 29 heavy (non-hydrogen) atoms. The minimum absolute atomic E-state index is 0.0361. The summed E-state index contributed by atoms with van der Waals surface area (Å²) in [7, 11) is 0. The molecule has 144 valence electrons. The van der Waals surface area contributed by atoms with E-state index in [9.17, 15) is 9.59 Å². The first-order valence-corrected chi connectivity index (χ1v) is 9.09. The van der Waals surface area contributed by atoms with Gasteiger partial charge in [0.1, 0.15) is 12.1 Å². The van der Waals surface area contributed by atoms with E-state index in [1.807, 2.05) is 24.3 Å². The van der Waals surface area contributed by atoms with E-state index in [0.29, 0.717) is 30.1 Å². The number of hydrogen-bond acceptors (Lipinski definition) is 5. The number of fused-ring (bicyclic) bond motifs is 2. The molecule has 5 rings (SSSR count). The first kappa shape index (κ1) is 17.1. The highest BCUT2D eigenvalue weighted by Gasteiger charge is 2.22. The molecule has 0 saturated heterocycles. The SMILES string of the molecule is CC(=O)N1Cc2ccc(NC(=O)c3nc(-n4ccnc4)cc4cn[nH]c34)cc2C1. The van der Waals surface area contributed by atoms with Crippen LogP contribution in [0.15, 0.2) is 49.2 Å². The number of pyridine rings is 1. The van der Waals surface area contributed by atoms with E-state index < -0.39 is 0 Å². The Morgan fingerprint density at radius 3 is 2.83 bits per heavy atom. The van der Waals surface area contributed by atoms with Gasteiger partial charge in [-0.2, -0.15) is 5.10 Å². The second kappa shape index (κ2) is 6.55. The van der Waals surface area contributed by atoms with Crippen molar-refractivity contribution in [3.63, 3.8) is 0 Å². The molecule has 2 N–H and O–H groups in total. The molecule has 4 aromatic rings. The zero-order valence-electron chi connectivity index (χ0n) is 15.6. The summed E-state index contributed by atoms with van der Waals surface area (Å²) in [5.74, 6) is 0.268. The molecule has 0 spiro atoms. The Morgan fingerprint density at radius 1 is 1.17 bits per heavy atom. The Labute approximate surface area is 165 Å². The summed E-state index contributed by atoms with van der Waals surface area (Å²) in [5.41, 5.74) is 3.59. The van der Waals surface area contributed by atoms with Gasteiger partial charge in [-0.05, 0) is 29.3 Å². The third-order valence-corrected chi connectivity index (χ3v) is 5.03. The number of H-pyrrole nitrogens is 1. The van der Waals surface area contributed by atoms with Gasteiger partial charge in [0.25, 0.3) is 5.91 Å². The predicted molar refractivity (Wildman–Crippen MR) is 105 cm³/mol. The highest BCUT2D eigenvalue weighted by atomic mass is 16.2. The molecule has 1 aliphatic heterocycles. The smallest absolute Gasteiger partial charge is 0.276 e. The number of nitrogens with one attached hydrogen (secondary N) is 2. The van der Waals surface area contributed by atoms with Crippen LogP contribution in [0.4, 0.5) is 5.69 Å². The van der Waals surface area contributed by atoms with E-state index in [2.05, 4.69) is 25.5 Å². The Hall–Kier alpha value is -4.01. The van der Waals surface area contributed by atoms with Gasteiger partial charge in [-0.1, -0.05) is 6.07 Å². The van der Waals surface area contributed by atoms with Crippen LogP contribution in [0, 0.1) is 0 Å². The molecular weight excluding hydrogens is 370 g/mol. The van der Waals surface area contributed by atoms with Gasteiger partial charge in [-0.25, -0.2) is 9.97 Å². The van der Waals surface area contributed by atoms with Crippen LogP contribution < -0.4 is 5.32 Å². The van der Waals surface area contributed by atoms with Crippen molar-refractivity contribution in [1.82, 2.24) is 29.6 Å². The summed E-state index contributed by atoms with van der Waals surface area (Å²) >= 11 is 0. The van der Waals surface area contributed by atoms with Crippen LogP contribution in [-0.2, 0) is 17.9 Å². The molecule has 9 nitrogen and oxygen atoms in total. The average Bonchev–Trinajstić information content (AvgIpc) is 3.45. The number of aromatic nitrogens is 5. The van der Waals surface area contributed by atoms with Gasteiger partial charge in [-0.3, -0.25) is 19.3 Å². The van der Waals surface area contributed by atoms with Crippen molar-refractivity contribution >= 4 is 28.4 Å². The van der Waals surface area contributed by atoms with Crippen LogP contribution in [-0.4, -0.2) is 41.4 Å². The number of aromatic amines is 1. The molecule has 0 radical (unpaired) electrons. The molecule has 0 fully saturated rings. The van der Waals surface area contributed by atoms with Gasteiger partial charge in [-0.15, -0.1) is 0 Å². The summed E-state index contributed by atoms with van der Waals surface area (Å²) in [6, 6.07) is 7.52. The van der Waals surface area contributed by atoms with Gasteiger partial charge >= 0.3 is 0 Å². The normalized spacial score (nSPS) is 12.9. The van der Waals surface area contributed by atoms with Crippen LogP contribution in [0.25, 0.3) is 16.7 Å². The minimum Gasteiger partial charge on any atom is -0.334 e. The summed E-state index contributed by atoms with van der Waals surface area (Å²) in [6.45, 7) is 2.71. The van der Waals surface area contributed by atoms with Crippen LogP contribution in [0.5, 0.6) is 0 Å². The highest BCUT2D eigenvalue weighted by Crippen LogP contribution is 2.26. The fourth-order valence-electron chi connectivity index (χ4n) is 3.51. The number of benzene rings is 1. The maximum atomic E-state index is 13.0.